The zero-order valence-electron chi connectivity index (χ0n) is 11.2. The van der Waals surface area contributed by atoms with Crippen molar-refractivity contribution in [2.24, 2.45) is 11.7 Å². The van der Waals surface area contributed by atoms with Gasteiger partial charge in [-0.3, -0.25) is 4.79 Å². The molecule has 1 aromatic carbocycles. The monoisotopic (exact) mass is 276 g/mol. The van der Waals surface area contributed by atoms with E-state index in [-0.39, 0.29) is 5.91 Å². The van der Waals surface area contributed by atoms with Crippen LogP contribution in [0.25, 0.3) is 0 Å². The zero-order chi connectivity index (χ0) is 13.8. The average Bonchev–Trinajstić information content (AvgIpc) is 2.84. The van der Waals surface area contributed by atoms with Gasteiger partial charge in [0, 0.05) is 17.7 Å². The summed E-state index contributed by atoms with van der Waals surface area (Å²) < 4.78 is 0. The predicted molar refractivity (Wildman–Crippen MR) is 82.3 cm³/mol. The highest BCUT2D eigenvalue weighted by molar-refractivity contribution is 7.80. The molecular formula is C15H20N2OS. The third-order valence-electron chi connectivity index (χ3n) is 3.74. The number of nitrogens with two attached hydrogens (primary N) is 1. The molecule has 19 heavy (non-hydrogen) atoms. The lowest BCUT2D eigenvalue weighted by molar-refractivity contribution is -0.117. The van der Waals surface area contributed by atoms with Crippen LogP contribution in [0.1, 0.15) is 43.2 Å². The van der Waals surface area contributed by atoms with Gasteiger partial charge in [0.2, 0.25) is 5.91 Å². The highest BCUT2D eigenvalue weighted by Gasteiger charge is 2.18. The molecule has 0 saturated heterocycles. The van der Waals surface area contributed by atoms with Crippen molar-refractivity contribution in [3.05, 3.63) is 29.3 Å². The van der Waals surface area contributed by atoms with Crippen LogP contribution in [0.4, 0.5) is 5.69 Å². The fourth-order valence-corrected chi connectivity index (χ4v) is 2.71. The van der Waals surface area contributed by atoms with Crippen LogP contribution in [0.5, 0.6) is 0 Å². The van der Waals surface area contributed by atoms with Crippen LogP contribution in [0.3, 0.4) is 0 Å². The summed E-state index contributed by atoms with van der Waals surface area (Å²) in [5, 5.41) is 2.98. The topological polar surface area (TPSA) is 55.1 Å². The van der Waals surface area contributed by atoms with Crippen LogP contribution in [0, 0.1) is 12.8 Å². The van der Waals surface area contributed by atoms with Crippen molar-refractivity contribution in [2.45, 2.75) is 39.0 Å². The largest absolute Gasteiger partial charge is 0.389 e. The van der Waals surface area contributed by atoms with Crippen LogP contribution < -0.4 is 11.1 Å². The molecule has 3 N–H and O–H groups in total. The molecule has 0 heterocycles. The highest BCUT2D eigenvalue weighted by Crippen LogP contribution is 2.28. The highest BCUT2D eigenvalue weighted by atomic mass is 32.1. The second-order valence-corrected chi connectivity index (χ2v) is 5.74. The molecular weight excluding hydrogens is 256 g/mol. The number of amides is 1. The molecule has 1 amide bonds. The maximum atomic E-state index is 12.0. The number of benzene rings is 1. The summed E-state index contributed by atoms with van der Waals surface area (Å²) in [6, 6.07) is 5.66. The molecule has 0 aromatic heterocycles. The molecule has 1 aromatic rings. The molecule has 4 heteroatoms. The Kier molecular flexibility index (Phi) is 4.53. The van der Waals surface area contributed by atoms with E-state index in [0.717, 1.165) is 16.8 Å². The minimum absolute atomic E-state index is 0.0927. The van der Waals surface area contributed by atoms with E-state index in [2.05, 4.69) is 5.32 Å². The minimum atomic E-state index is 0.0927. The number of thiocarbonyl (C=S) groups is 1. The Hall–Kier alpha value is -1.42. The molecule has 3 nitrogen and oxygen atoms in total. The van der Waals surface area contributed by atoms with E-state index >= 15 is 0 Å². The SMILES string of the molecule is Cc1ccc(C(N)=S)cc1NC(=O)CC1CCCC1. The fraction of sp³-hybridized carbons (Fsp3) is 0.467. The summed E-state index contributed by atoms with van der Waals surface area (Å²) in [6.07, 6.45) is 5.50. The summed E-state index contributed by atoms with van der Waals surface area (Å²) in [7, 11) is 0. The lowest BCUT2D eigenvalue weighted by Gasteiger charge is -2.12. The second kappa shape index (κ2) is 6.15. The Bertz CT molecular complexity index is 493. The van der Waals surface area contributed by atoms with Crippen LogP contribution in [0.2, 0.25) is 0 Å². The summed E-state index contributed by atoms with van der Waals surface area (Å²) in [4.78, 5) is 12.4. The first kappa shape index (κ1) is 14.0. The number of carbonyl (C=O) groups is 1. The molecule has 0 atom stereocenters. The molecule has 102 valence electrons. The van der Waals surface area contributed by atoms with Crippen LogP contribution >= 0.6 is 12.2 Å². The maximum absolute atomic E-state index is 12.0. The van der Waals surface area contributed by atoms with Gasteiger partial charge in [-0.2, -0.15) is 0 Å². The minimum Gasteiger partial charge on any atom is -0.389 e. The van der Waals surface area contributed by atoms with Crippen LogP contribution in [-0.2, 0) is 4.79 Å². The van der Waals surface area contributed by atoms with Crippen molar-refractivity contribution in [1.82, 2.24) is 0 Å². The number of hydrogen-bond donors (Lipinski definition) is 2. The first-order chi connectivity index (χ1) is 9.06. The molecule has 0 aliphatic heterocycles. The molecule has 1 aliphatic carbocycles. The predicted octanol–water partition coefficient (Wildman–Crippen LogP) is 3.15. The molecule has 0 spiro atoms. The van der Waals surface area contributed by atoms with E-state index in [1.54, 1.807) is 0 Å². The van der Waals surface area contributed by atoms with Crippen molar-refractivity contribution < 1.29 is 4.79 Å². The number of rotatable bonds is 4. The molecule has 1 aliphatic rings. The molecule has 0 unspecified atom stereocenters. The smallest absolute Gasteiger partial charge is 0.224 e. The van der Waals surface area contributed by atoms with Gasteiger partial charge < -0.3 is 11.1 Å². The summed E-state index contributed by atoms with van der Waals surface area (Å²) in [5.41, 5.74) is 8.24. The number of aryl methyl sites for hydroxylation is 1. The lowest BCUT2D eigenvalue weighted by Crippen LogP contribution is -2.17. The number of nitrogens with one attached hydrogen (secondary N) is 1. The van der Waals surface area contributed by atoms with Gasteiger partial charge in [-0.25, -0.2) is 0 Å². The van der Waals surface area contributed by atoms with Crippen molar-refractivity contribution >= 4 is 28.8 Å². The van der Waals surface area contributed by atoms with Crippen LogP contribution in [-0.4, -0.2) is 10.9 Å². The van der Waals surface area contributed by atoms with Gasteiger partial charge >= 0.3 is 0 Å². The number of anilines is 1. The molecule has 0 radical (unpaired) electrons. The van der Waals surface area contributed by atoms with E-state index in [1.165, 1.54) is 25.7 Å². The fourth-order valence-electron chi connectivity index (χ4n) is 2.59. The Morgan fingerprint density at radius 2 is 2.11 bits per heavy atom. The Morgan fingerprint density at radius 1 is 1.42 bits per heavy atom. The molecule has 2 rings (SSSR count). The van der Waals surface area contributed by atoms with E-state index in [9.17, 15) is 4.79 Å². The van der Waals surface area contributed by atoms with E-state index in [4.69, 9.17) is 18.0 Å². The van der Waals surface area contributed by atoms with E-state index in [1.807, 2.05) is 25.1 Å². The van der Waals surface area contributed by atoms with Crippen LogP contribution in [0.15, 0.2) is 18.2 Å². The first-order valence-corrected chi connectivity index (χ1v) is 7.17. The Labute approximate surface area is 119 Å². The quantitative estimate of drug-likeness (QED) is 0.831. The maximum Gasteiger partial charge on any atom is 0.224 e. The van der Waals surface area contributed by atoms with Gasteiger partial charge in [-0.15, -0.1) is 0 Å². The van der Waals surface area contributed by atoms with Gasteiger partial charge in [0.05, 0.1) is 0 Å². The summed E-state index contributed by atoms with van der Waals surface area (Å²) in [5.74, 6) is 0.647. The zero-order valence-corrected chi connectivity index (χ0v) is 12.1. The third-order valence-corrected chi connectivity index (χ3v) is 3.98. The van der Waals surface area contributed by atoms with Crippen molar-refractivity contribution in [2.75, 3.05) is 5.32 Å². The third kappa shape index (κ3) is 3.77. The van der Waals surface area contributed by atoms with Crippen molar-refractivity contribution in [1.29, 1.82) is 0 Å². The van der Waals surface area contributed by atoms with E-state index < -0.39 is 0 Å². The standard InChI is InChI=1S/C15H20N2OS/c1-10-6-7-12(15(16)19)9-13(10)17-14(18)8-11-4-2-3-5-11/h6-7,9,11H,2-5,8H2,1H3,(H2,16,19)(H,17,18). The normalized spacial score (nSPS) is 15.4. The Morgan fingerprint density at radius 3 is 2.74 bits per heavy atom. The van der Waals surface area contributed by atoms with Gasteiger partial charge in [0.15, 0.2) is 0 Å². The summed E-state index contributed by atoms with van der Waals surface area (Å²) >= 11 is 4.96. The Balaban J connectivity index is 2.02. The lowest BCUT2D eigenvalue weighted by atomic mass is 10.0. The van der Waals surface area contributed by atoms with Gasteiger partial charge in [0.25, 0.3) is 0 Å². The van der Waals surface area contributed by atoms with Gasteiger partial charge in [0.1, 0.15) is 4.99 Å². The second-order valence-electron chi connectivity index (χ2n) is 5.30. The number of carbonyl (C=O) groups excluding carboxylic acids is 1. The van der Waals surface area contributed by atoms with Crippen molar-refractivity contribution in [3.8, 4) is 0 Å². The van der Waals surface area contributed by atoms with E-state index in [0.29, 0.717) is 17.3 Å². The first-order valence-electron chi connectivity index (χ1n) is 6.76. The van der Waals surface area contributed by atoms with Gasteiger partial charge in [-0.05, 0) is 37.3 Å². The van der Waals surface area contributed by atoms with Crippen molar-refractivity contribution in [3.63, 3.8) is 0 Å². The molecule has 1 fully saturated rings. The summed E-state index contributed by atoms with van der Waals surface area (Å²) in [6.45, 7) is 1.97. The number of hydrogen-bond acceptors (Lipinski definition) is 2. The molecule has 0 bridgehead atoms. The van der Waals surface area contributed by atoms with Gasteiger partial charge in [-0.1, -0.05) is 37.2 Å². The molecule has 1 saturated carbocycles. The average molecular weight is 276 g/mol.